The Morgan fingerprint density at radius 1 is 1.21 bits per heavy atom. The standard InChI is InChI=1S/C13H23NO5/c1-5-9(3)12(13(18)19-4)14-10(15)6-8(2)7-11(16)17/h8-9,12H,5-7H2,1-4H3,(H,14,15)(H,16,17). The summed E-state index contributed by atoms with van der Waals surface area (Å²) >= 11 is 0. The number of aliphatic carboxylic acids is 1. The lowest BCUT2D eigenvalue weighted by Crippen LogP contribution is -2.46. The Balaban J connectivity index is 4.46. The first-order valence-electron chi connectivity index (χ1n) is 6.40. The van der Waals surface area contributed by atoms with Gasteiger partial charge in [-0.2, -0.15) is 0 Å². The summed E-state index contributed by atoms with van der Waals surface area (Å²) in [6, 6.07) is -0.681. The smallest absolute Gasteiger partial charge is 0.328 e. The predicted molar refractivity (Wildman–Crippen MR) is 69.4 cm³/mol. The van der Waals surface area contributed by atoms with Gasteiger partial charge in [0, 0.05) is 12.8 Å². The fraction of sp³-hybridized carbons (Fsp3) is 0.769. The zero-order chi connectivity index (χ0) is 15.0. The monoisotopic (exact) mass is 273 g/mol. The molecule has 0 fully saturated rings. The number of esters is 1. The summed E-state index contributed by atoms with van der Waals surface area (Å²) in [4.78, 5) is 33.9. The Labute approximate surface area is 113 Å². The van der Waals surface area contributed by atoms with Crippen LogP contribution in [0.5, 0.6) is 0 Å². The molecule has 0 saturated heterocycles. The van der Waals surface area contributed by atoms with Crippen LogP contribution in [0.3, 0.4) is 0 Å². The molecule has 0 aromatic rings. The number of amides is 1. The number of hydrogen-bond donors (Lipinski definition) is 2. The van der Waals surface area contributed by atoms with E-state index >= 15 is 0 Å². The second-order valence-electron chi connectivity index (χ2n) is 4.86. The zero-order valence-electron chi connectivity index (χ0n) is 11.9. The highest BCUT2D eigenvalue weighted by molar-refractivity contribution is 5.85. The van der Waals surface area contributed by atoms with Crippen LogP contribution in [0, 0.1) is 11.8 Å². The van der Waals surface area contributed by atoms with Crippen LogP contribution in [-0.2, 0) is 19.1 Å². The first-order valence-corrected chi connectivity index (χ1v) is 6.40. The first kappa shape index (κ1) is 17.4. The van der Waals surface area contributed by atoms with E-state index in [1.165, 1.54) is 7.11 Å². The largest absolute Gasteiger partial charge is 0.481 e. The summed E-state index contributed by atoms with van der Waals surface area (Å²) in [6.45, 7) is 5.45. The van der Waals surface area contributed by atoms with Gasteiger partial charge in [-0.3, -0.25) is 9.59 Å². The summed E-state index contributed by atoms with van der Waals surface area (Å²) in [5.41, 5.74) is 0. The number of carbonyl (C=O) groups is 3. The third-order valence-electron chi connectivity index (χ3n) is 3.04. The van der Waals surface area contributed by atoms with Gasteiger partial charge in [-0.1, -0.05) is 27.2 Å². The number of rotatable bonds is 8. The van der Waals surface area contributed by atoms with Gasteiger partial charge < -0.3 is 15.2 Å². The van der Waals surface area contributed by atoms with Gasteiger partial charge in [0.15, 0.2) is 0 Å². The second kappa shape index (κ2) is 8.50. The van der Waals surface area contributed by atoms with Crippen molar-refractivity contribution in [2.24, 2.45) is 11.8 Å². The molecule has 3 atom stereocenters. The maximum Gasteiger partial charge on any atom is 0.328 e. The summed E-state index contributed by atoms with van der Waals surface area (Å²) < 4.78 is 4.66. The molecular formula is C13H23NO5. The van der Waals surface area contributed by atoms with E-state index < -0.39 is 18.0 Å². The van der Waals surface area contributed by atoms with Crippen LogP contribution < -0.4 is 5.32 Å². The van der Waals surface area contributed by atoms with E-state index in [1.54, 1.807) is 6.92 Å². The van der Waals surface area contributed by atoms with E-state index in [4.69, 9.17) is 5.11 Å². The Morgan fingerprint density at radius 2 is 1.79 bits per heavy atom. The average molecular weight is 273 g/mol. The van der Waals surface area contributed by atoms with Crippen LogP contribution in [0.15, 0.2) is 0 Å². The van der Waals surface area contributed by atoms with Crippen molar-refractivity contribution in [2.75, 3.05) is 7.11 Å². The van der Waals surface area contributed by atoms with E-state index in [9.17, 15) is 14.4 Å². The minimum absolute atomic E-state index is 0.0359. The van der Waals surface area contributed by atoms with Gasteiger partial charge in [0.1, 0.15) is 6.04 Å². The third kappa shape index (κ3) is 6.79. The van der Waals surface area contributed by atoms with Crippen molar-refractivity contribution in [3.8, 4) is 0 Å². The third-order valence-corrected chi connectivity index (χ3v) is 3.04. The number of nitrogens with one attached hydrogen (secondary N) is 1. The quantitative estimate of drug-likeness (QED) is 0.648. The zero-order valence-corrected chi connectivity index (χ0v) is 11.9. The average Bonchev–Trinajstić information content (AvgIpc) is 2.32. The first-order chi connectivity index (χ1) is 8.81. The molecule has 19 heavy (non-hydrogen) atoms. The number of carbonyl (C=O) groups excluding carboxylic acids is 2. The van der Waals surface area contributed by atoms with Crippen molar-refractivity contribution in [2.45, 2.75) is 46.1 Å². The molecule has 1 amide bonds. The molecule has 0 aliphatic carbocycles. The number of carboxylic acid groups (broad SMARTS) is 1. The molecule has 6 heteroatoms. The highest BCUT2D eigenvalue weighted by atomic mass is 16.5. The Bertz CT molecular complexity index is 329. The lowest BCUT2D eigenvalue weighted by atomic mass is 9.98. The predicted octanol–water partition coefficient (Wildman–Crippen LogP) is 1.19. The minimum atomic E-state index is -0.938. The molecule has 0 heterocycles. The highest BCUT2D eigenvalue weighted by Crippen LogP contribution is 2.12. The van der Waals surface area contributed by atoms with Crippen LogP contribution in [0.1, 0.15) is 40.0 Å². The Kier molecular flexibility index (Phi) is 7.79. The lowest BCUT2D eigenvalue weighted by molar-refractivity contribution is -0.147. The summed E-state index contributed by atoms with van der Waals surface area (Å²) in [7, 11) is 1.27. The molecule has 0 bridgehead atoms. The number of methoxy groups -OCH3 is 1. The molecule has 0 spiro atoms. The molecule has 0 aromatic carbocycles. The fourth-order valence-corrected chi connectivity index (χ4v) is 1.72. The van der Waals surface area contributed by atoms with Gasteiger partial charge in [0.2, 0.25) is 5.91 Å². The van der Waals surface area contributed by atoms with Crippen LogP contribution in [0.4, 0.5) is 0 Å². The van der Waals surface area contributed by atoms with Gasteiger partial charge in [-0.05, 0) is 11.8 Å². The molecule has 6 nitrogen and oxygen atoms in total. The van der Waals surface area contributed by atoms with E-state index in [0.717, 1.165) is 6.42 Å². The molecule has 0 aromatic heterocycles. The molecule has 2 N–H and O–H groups in total. The molecule has 0 saturated carbocycles. The van der Waals surface area contributed by atoms with Gasteiger partial charge in [-0.25, -0.2) is 4.79 Å². The normalized spacial score (nSPS) is 15.2. The summed E-state index contributed by atoms with van der Waals surface area (Å²) in [5, 5.41) is 11.2. The van der Waals surface area contributed by atoms with Gasteiger partial charge in [-0.15, -0.1) is 0 Å². The van der Waals surface area contributed by atoms with Crippen molar-refractivity contribution in [3.63, 3.8) is 0 Å². The van der Waals surface area contributed by atoms with Crippen molar-refractivity contribution in [1.82, 2.24) is 5.32 Å². The van der Waals surface area contributed by atoms with Crippen molar-refractivity contribution in [1.29, 1.82) is 0 Å². The molecule has 3 unspecified atom stereocenters. The number of hydrogen-bond acceptors (Lipinski definition) is 4. The number of carboxylic acids is 1. The molecule has 0 rings (SSSR count). The fourth-order valence-electron chi connectivity index (χ4n) is 1.72. The topological polar surface area (TPSA) is 92.7 Å². The molecule has 110 valence electrons. The minimum Gasteiger partial charge on any atom is -0.481 e. The van der Waals surface area contributed by atoms with Gasteiger partial charge in [0.25, 0.3) is 0 Å². The van der Waals surface area contributed by atoms with Crippen LogP contribution >= 0.6 is 0 Å². The maximum atomic E-state index is 11.8. The summed E-state index contributed by atoms with van der Waals surface area (Å²) in [6.07, 6.45) is 0.737. The summed E-state index contributed by atoms with van der Waals surface area (Å²) in [5.74, 6) is -2.05. The van der Waals surface area contributed by atoms with E-state index in [0.29, 0.717) is 0 Å². The van der Waals surface area contributed by atoms with Crippen LogP contribution in [0.25, 0.3) is 0 Å². The van der Waals surface area contributed by atoms with Crippen molar-refractivity contribution in [3.05, 3.63) is 0 Å². The SMILES string of the molecule is CCC(C)C(NC(=O)CC(C)CC(=O)O)C(=O)OC. The Morgan fingerprint density at radius 3 is 2.21 bits per heavy atom. The van der Waals surface area contributed by atoms with E-state index in [-0.39, 0.29) is 30.6 Å². The van der Waals surface area contributed by atoms with Crippen molar-refractivity contribution < 1.29 is 24.2 Å². The number of ether oxygens (including phenoxy) is 1. The molecule has 0 aliphatic heterocycles. The lowest BCUT2D eigenvalue weighted by Gasteiger charge is -2.22. The van der Waals surface area contributed by atoms with Crippen LogP contribution in [-0.4, -0.2) is 36.1 Å². The van der Waals surface area contributed by atoms with E-state index in [1.807, 2.05) is 13.8 Å². The highest BCUT2D eigenvalue weighted by Gasteiger charge is 2.27. The molecule has 0 aliphatic rings. The Hall–Kier alpha value is -1.59. The maximum absolute atomic E-state index is 11.8. The van der Waals surface area contributed by atoms with Crippen molar-refractivity contribution >= 4 is 17.8 Å². The molecular weight excluding hydrogens is 250 g/mol. The van der Waals surface area contributed by atoms with Crippen LogP contribution in [0.2, 0.25) is 0 Å². The second-order valence-corrected chi connectivity index (χ2v) is 4.86. The molecule has 0 radical (unpaired) electrons. The van der Waals surface area contributed by atoms with E-state index in [2.05, 4.69) is 10.1 Å². The van der Waals surface area contributed by atoms with Gasteiger partial charge >= 0.3 is 11.9 Å². The van der Waals surface area contributed by atoms with Gasteiger partial charge in [0.05, 0.1) is 7.11 Å².